The molecule has 0 aliphatic heterocycles. The standard InChI is InChI=1S/C14H21N3O.ClH/c15-12(10-11-6-2-1-3-7-11)14(18)17-13-8-4-5-9-16-13;/h4-5,8-9,11-12H,1-3,6-7,10,15H2,(H,16,17,18);1H. The summed E-state index contributed by atoms with van der Waals surface area (Å²) in [4.78, 5) is 16.0. The van der Waals surface area contributed by atoms with Crippen LogP contribution in [0, 0.1) is 5.92 Å². The van der Waals surface area contributed by atoms with Crippen LogP contribution in [0.1, 0.15) is 38.5 Å². The summed E-state index contributed by atoms with van der Waals surface area (Å²) in [6.07, 6.45) is 8.75. The van der Waals surface area contributed by atoms with Crippen LogP contribution in [0.5, 0.6) is 0 Å². The molecule has 1 aromatic rings. The molecular formula is C14H22ClN3O. The number of pyridine rings is 1. The average Bonchev–Trinajstić information content (AvgIpc) is 2.41. The second-order valence-electron chi connectivity index (χ2n) is 5.05. The van der Waals surface area contributed by atoms with Gasteiger partial charge in [-0.25, -0.2) is 4.98 Å². The number of carbonyl (C=O) groups excluding carboxylic acids is 1. The third-order valence-corrected chi connectivity index (χ3v) is 3.56. The maximum Gasteiger partial charge on any atom is 0.242 e. The van der Waals surface area contributed by atoms with Crippen molar-refractivity contribution in [3.63, 3.8) is 0 Å². The SMILES string of the molecule is Cl.NC(CC1CCCCC1)C(=O)Nc1ccccn1. The summed E-state index contributed by atoms with van der Waals surface area (Å²) >= 11 is 0. The molecule has 0 saturated heterocycles. The minimum absolute atomic E-state index is 0. The number of halogens is 1. The number of amides is 1. The van der Waals surface area contributed by atoms with Crippen molar-refractivity contribution in [1.29, 1.82) is 0 Å². The molecule has 1 fully saturated rings. The lowest BCUT2D eigenvalue weighted by atomic mass is 9.85. The molecule has 1 atom stereocenters. The van der Waals surface area contributed by atoms with Crippen LogP contribution in [-0.2, 0) is 4.79 Å². The maximum absolute atomic E-state index is 11.9. The van der Waals surface area contributed by atoms with Crippen LogP contribution in [0.15, 0.2) is 24.4 Å². The molecule has 1 saturated carbocycles. The maximum atomic E-state index is 11.9. The van der Waals surface area contributed by atoms with Crippen LogP contribution in [0.4, 0.5) is 5.82 Å². The zero-order valence-corrected chi connectivity index (χ0v) is 11.9. The zero-order chi connectivity index (χ0) is 12.8. The Labute approximate surface area is 120 Å². The Balaban J connectivity index is 0.00000180. The number of nitrogens with one attached hydrogen (secondary N) is 1. The van der Waals surface area contributed by atoms with Gasteiger partial charge in [-0.2, -0.15) is 0 Å². The molecule has 106 valence electrons. The number of hydrogen-bond acceptors (Lipinski definition) is 3. The molecule has 1 aliphatic carbocycles. The lowest BCUT2D eigenvalue weighted by Crippen LogP contribution is -2.37. The first-order valence-corrected chi connectivity index (χ1v) is 6.73. The fourth-order valence-corrected chi connectivity index (χ4v) is 2.54. The predicted octanol–water partition coefficient (Wildman–Crippen LogP) is 2.74. The fraction of sp³-hybridized carbons (Fsp3) is 0.571. The average molecular weight is 284 g/mol. The van der Waals surface area contributed by atoms with E-state index in [1.807, 2.05) is 12.1 Å². The summed E-state index contributed by atoms with van der Waals surface area (Å²) in [5.41, 5.74) is 5.96. The van der Waals surface area contributed by atoms with Crippen LogP contribution in [0.25, 0.3) is 0 Å². The smallest absolute Gasteiger partial charge is 0.242 e. The molecule has 1 aromatic heterocycles. The van der Waals surface area contributed by atoms with E-state index in [2.05, 4.69) is 10.3 Å². The van der Waals surface area contributed by atoms with Gasteiger partial charge in [0.15, 0.2) is 0 Å². The molecule has 1 unspecified atom stereocenters. The molecule has 1 heterocycles. The van der Waals surface area contributed by atoms with Crippen LogP contribution in [0.2, 0.25) is 0 Å². The lowest BCUT2D eigenvalue weighted by Gasteiger charge is -2.23. The Morgan fingerprint density at radius 2 is 2.11 bits per heavy atom. The molecule has 1 aliphatic rings. The van der Waals surface area contributed by atoms with Crippen molar-refractivity contribution in [2.24, 2.45) is 11.7 Å². The van der Waals surface area contributed by atoms with Crippen LogP contribution in [-0.4, -0.2) is 16.9 Å². The Morgan fingerprint density at radius 1 is 1.37 bits per heavy atom. The zero-order valence-electron chi connectivity index (χ0n) is 11.0. The quantitative estimate of drug-likeness (QED) is 0.893. The third-order valence-electron chi connectivity index (χ3n) is 3.56. The summed E-state index contributed by atoms with van der Waals surface area (Å²) in [6, 6.07) is 5.01. The molecule has 0 spiro atoms. The fourth-order valence-electron chi connectivity index (χ4n) is 2.54. The van der Waals surface area contributed by atoms with E-state index in [1.165, 1.54) is 32.1 Å². The van der Waals surface area contributed by atoms with E-state index >= 15 is 0 Å². The van der Waals surface area contributed by atoms with E-state index in [0.717, 1.165) is 6.42 Å². The largest absolute Gasteiger partial charge is 0.320 e. The van der Waals surface area contributed by atoms with Gasteiger partial charge in [0.05, 0.1) is 6.04 Å². The minimum atomic E-state index is -0.421. The minimum Gasteiger partial charge on any atom is -0.320 e. The molecule has 1 amide bonds. The van der Waals surface area contributed by atoms with E-state index in [9.17, 15) is 4.79 Å². The first kappa shape index (κ1) is 15.9. The first-order valence-electron chi connectivity index (χ1n) is 6.73. The van der Waals surface area contributed by atoms with Crippen LogP contribution in [0.3, 0.4) is 0 Å². The second kappa shape index (κ2) is 8.12. The summed E-state index contributed by atoms with van der Waals surface area (Å²) in [5, 5.41) is 2.76. The van der Waals surface area contributed by atoms with Crippen LogP contribution >= 0.6 is 12.4 Å². The number of carbonyl (C=O) groups is 1. The van der Waals surface area contributed by atoms with Crippen molar-refractivity contribution in [2.45, 2.75) is 44.6 Å². The topological polar surface area (TPSA) is 68.0 Å². The Bertz CT molecular complexity index is 380. The summed E-state index contributed by atoms with van der Waals surface area (Å²) < 4.78 is 0. The Kier molecular flexibility index (Phi) is 6.81. The Morgan fingerprint density at radius 3 is 2.74 bits per heavy atom. The summed E-state index contributed by atoms with van der Waals surface area (Å²) in [5.74, 6) is 1.06. The van der Waals surface area contributed by atoms with Gasteiger partial charge in [-0.05, 0) is 24.5 Å². The van der Waals surface area contributed by atoms with Crippen molar-refractivity contribution in [3.8, 4) is 0 Å². The second-order valence-corrected chi connectivity index (χ2v) is 5.05. The van der Waals surface area contributed by atoms with Crippen molar-refractivity contribution < 1.29 is 4.79 Å². The van der Waals surface area contributed by atoms with Crippen molar-refractivity contribution in [3.05, 3.63) is 24.4 Å². The Hall–Kier alpha value is -1.13. The molecular weight excluding hydrogens is 262 g/mol. The van der Waals surface area contributed by atoms with Gasteiger partial charge >= 0.3 is 0 Å². The number of hydrogen-bond donors (Lipinski definition) is 2. The lowest BCUT2D eigenvalue weighted by molar-refractivity contribution is -0.117. The molecule has 3 N–H and O–H groups in total. The van der Waals surface area contributed by atoms with Crippen molar-refractivity contribution in [2.75, 3.05) is 5.32 Å². The van der Waals surface area contributed by atoms with Gasteiger partial charge < -0.3 is 11.1 Å². The molecule has 5 heteroatoms. The normalized spacial score (nSPS) is 17.3. The number of aromatic nitrogens is 1. The highest BCUT2D eigenvalue weighted by Gasteiger charge is 2.21. The van der Waals surface area contributed by atoms with Gasteiger partial charge in [0.25, 0.3) is 0 Å². The number of nitrogens with two attached hydrogens (primary N) is 1. The van der Waals surface area contributed by atoms with Crippen molar-refractivity contribution in [1.82, 2.24) is 4.98 Å². The van der Waals surface area contributed by atoms with Crippen molar-refractivity contribution >= 4 is 24.1 Å². The predicted molar refractivity (Wildman–Crippen MR) is 79.3 cm³/mol. The van der Waals surface area contributed by atoms with E-state index in [1.54, 1.807) is 12.3 Å². The summed E-state index contributed by atoms with van der Waals surface area (Å²) in [6.45, 7) is 0. The van der Waals surface area contributed by atoms with Crippen LogP contribution < -0.4 is 11.1 Å². The molecule has 0 aromatic carbocycles. The van der Waals surface area contributed by atoms with Gasteiger partial charge in [-0.3, -0.25) is 4.79 Å². The van der Waals surface area contributed by atoms with Gasteiger partial charge in [0.1, 0.15) is 5.82 Å². The number of nitrogens with zero attached hydrogens (tertiary/aromatic N) is 1. The number of rotatable bonds is 4. The molecule has 0 radical (unpaired) electrons. The van der Waals surface area contributed by atoms with Gasteiger partial charge in [0, 0.05) is 6.20 Å². The first-order chi connectivity index (χ1) is 8.75. The molecule has 2 rings (SSSR count). The highest BCUT2D eigenvalue weighted by Crippen LogP contribution is 2.27. The van der Waals surface area contributed by atoms with E-state index in [0.29, 0.717) is 11.7 Å². The van der Waals surface area contributed by atoms with E-state index in [4.69, 9.17) is 5.73 Å². The highest BCUT2D eigenvalue weighted by atomic mass is 35.5. The third kappa shape index (κ3) is 5.17. The number of anilines is 1. The molecule has 4 nitrogen and oxygen atoms in total. The van der Waals surface area contributed by atoms with Gasteiger partial charge in [-0.15, -0.1) is 12.4 Å². The van der Waals surface area contributed by atoms with E-state index < -0.39 is 6.04 Å². The monoisotopic (exact) mass is 283 g/mol. The molecule has 19 heavy (non-hydrogen) atoms. The van der Waals surface area contributed by atoms with Gasteiger partial charge in [0.2, 0.25) is 5.91 Å². The summed E-state index contributed by atoms with van der Waals surface area (Å²) in [7, 11) is 0. The van der Waals surface area contributed by atoms with E-state index in [-0.39, 0.29) is 18.3 Å². The van der Waals surface area contributed by atoms with Gasteiger partial charge in [-0.1, -0.05) is 38.2 Å². The highest BCUT2D eigenvalue weighted by molar-refractivity contribution is 5.93. The molecule has 0 bridgehead atoms.